The van der Waals surface area contributed by atoms with Crippen LogP contribution in [0.3, 0.4) is 0 Å². The summed E-state index contributed by atoms with van der Waals surface area (Å²) in [6, 6.07) is 16.3. The fourth-order valence-electron chi connectivity index (χ4n) is 2.38. The third kappa shape index (κ3) is 4.95. The fourth-order valence-corrected chi connectivity index (χ4v) is 3.18. The van der Waals surface area contributed by atoms with E-state index < -0.39 is 0 Å². The van der Waals surface area contributed by atoms with E-state index in [0.29, 0.717) is 11.7 Å². The highest BCUT2D eigenvalue weighted by Gasteiger charge is 2.14. The lowest BCUT2D eigenvalue weighted by molar-refractivity contribution is -0.118. The summed E-state index contributed by atoms with van der Waals surface area (Å²) < 4.78 is 1.98. The molecule has 0 spiro atoms. The van der Waals surface area contributed by atoms with Crippen molar-refractivity contribution in [1.29, 1.82) is 0 Å². The third-order valence-electron chi connectivity index (χ3n) is 3.69. The molecule has 2 aromatic carbocycles. The van der Waals surface area contributed by atoms with E-state index in [0.717, 1.165) is 17.0 Å². The molecular formula is C19H19N5O2S. The van der Waals surface area contributed by atoms with Gasteiger partial charge in [0, 0.05) is 12.1 Å². The lowest BCUT2D eigenvalue weighted by Gasteiger charge is -2.06. The van der Waals surface area contributed by atoms with Gasteiger partial charge in [-0.2, -0.15) is 5.10 Å². The molecule has 0 aliphatic rings. The number of thioether (sulfide) groups is 1. The van der Waals surface area contributed by atoms with Crippen LogP contribution in [0.25, 0.3) is 11.4 Å². The maximum atomic E-state index is 12.0. The van der Waals surface area contributed by atoms with E-state index >= 15 is 0 Å². The Morgan fingerprint density at radius 2 is 1.93 bits per heavy atom. The van der Waals surface area contributed by atoms with Gasteiger partial charge in [0.15, 0.2) is 11.0 Å². The zero-order valence-corrected chi connectivity index (χ0v) is 15.6. The van der Waals surface area contributed by atoms with Gasteiger partial charge in [-0.05, 0) is 36.8 Å². The van der Waals surface area contributed by atoms with Crippen LogP contribution in [0, 0.1) is 0 Å². The molecule has 3 rings (SSSR count). The first kappa shape index (κ1) is 18.7. The summed E-state index contributed by atoms with van der Waals surface area (Å²) >= 11 is 1.31. The molecule has 27 heavy (non-hydrogen) atoms. The van der Waals surface area contributed by atoms with Crippen LogP contribution in [0.15, 0.2) is 64.9 Å². The number of hydrogen-bond donors (Lipinski definition) is 2. The van der Waals surface area contributed by atoms with E-state index in [1.807, 2.05) is 41.8 Å². The van der Waals surface area contributed by atoms with Crippen molar-refractivity contribution in [3.05, 3.63) is 60.2 Å². The molecule has 0 aliphatic heterocycles. The number of nitrogens with zero attached hydrogens (tertiary/aromatic N) is 4. The summed E-state index contributed by atoms with van der Waals surface area (Å²) in [5, 5.41) is 22.3. The predicted octanol–water partition coefficient (Wildman–Crippen LogP) is 2.91. The monoisotopic (exact) mass is 381 g/mol. The molecule has 2 N–H and O–H groups in total. The second kappa shape index (κ2) is 9.00. The SMILES string of the molecule is CCn1c(SCC(=O)N/N=C\c2ccc(O)cc2)nnc1-c1ccccc1. The Hall–Kier alpha value is -3.13. The number of benzene rings is 2. The van der Waals surface area contributed by atoms with Gasteiger partial charge in [0.2, 0.25) is 0 Å². The Balaban J connectivity index is 1.57. The molecule has 0 atom stereocenters. The number of carbonyl (C=O) groups excluding carboxylic acids is 1. The minimum absolute atomic E-state index is 0.180. The molecule has 0 saturated heterocycles. The smallest absolute Gasteiger partial charge is 0.250 e. The van der Waals surface area contributed by atoms with Crippen molar-refractivity contribution in [1.82, 2.24) is 20.2 Å². The lowest BCUT2D eigenvalue weighted by Crippen LogP contribution is -2.20. The van der Waals surface area contributed by atoms with Gasteiger partial charge in [0.1, 0.15) is 5.75 Å². The molecule has 7 nitrogen and oxygen atoms in total. The van der Waals surface area contributed by atoms with Crippen LogP contribution < -0.4 is 5.43 Å². The van der Waals surface area contributed by atoms with E-state index in [-0.39, 0.29) is 17.4 Å². The van der Waals surface area contributed by atoms with Gasteiger partial charge in [0.25, 0.3) is 5.91 Å². The van der Waals surface area contributed by atoms with Crippen molar-refractivity contribution in [2.75, 3.05) is 5.75 Å². The lowest BCUT2D eigenvalue weighted by atomic mass is 10.2. The second-order valence-electron chi connectivity index (χ2n) is 5.59. The summed E-state index contributed by atoms with van der Waals surface area (Å²) in [5.74, 6) is 0.913. The summed E-state index contributed by atoms with van der Waals surface area (Å²) in [4.78, 5) is 12.0. The Bertz CT molecular complexity index is 923. The average Bonchev–Trinajstić information content (AvgIpc) is 3.11. The van der Waals surface area contributed by atoms with Crippen LogP contribution in [0.5, 0.6) is 5.75 Å². The van der Waals surface area contributed by atoms with Gasteiger partial charge in [-0.25, -0.2) is 5.43 Å². The first-order valence-corrected chi connectivity index (χ1v) is 9.38. The van der Waals surface area contributed by atoms with Gasteiger partial charge in [0.05, 0.1) is 12.0 Å². The van der Waals surface area contributed by atoms with Gasteiger partial charge < -0.3 is 9.67 Å². The normalized spacial score (nSPS) is 11.0. The van der Waals surface area contributed by atoms with Crippen LogP contribution >= 0.6 is 11.8 Å². The second-order valence-corrected chi connectivity index (χ2v) is 6.53. The maximum Gasteiger partial charge on any atom is 0.250 e. The van der Waals surface area contributed by atoms with E-state index in [9.17, 15) is 9.90 Å². The van der Waals surface area contributed by atoms with Gasteiger partial charge >= 0.3 is 0 Å². The van der Waals surface area contributed by atoms with E-state index in [1.54, 1.807) is 24.3 Å². The first-order chi connectivity index (χ1) is 13.2. The van der Waals surface area contributed by atoms with Gasteiger partial charge in [-0.3, -0.25) is 4.79 Å². The van der Waals surface area contributed by atoms with Gasteiger partial charge in [-0.1, -0.05) is 42.1 Å². The number of phenolic OH excluding ortho intramolecular Hbond substituents is 1. The highest BCUT2D eigenvalue weighted by Crippen LogP contribution is 2.23. The molecule has 8 heteroatoms. The number of amides is 1. The summed E-state index contributed by atoms with van der Waals surface area (Å²) in [7, 11) is 0. The van der Waals surface area contributed by atoms with E-state index in [4.69, 9.17) is 0 Å². The quantitative estimate of drug-likeness (QED) is 0.373. The number of aromatic nitrogens is 3. The number of aromatic hydroxyl groups is 1. The van der Waals surface area contributed by atoms with Crippen LogP contribution in [-0.4, -0.2) is 37.7 Å². The molecular weight excluding hydrogens is 362 g/mol. The highest BCUT2D eigenvalue weighted by molar-refractivity contribution is 7.99. The number of carbonyl (C=O) groups is 1. The van der Waals surface area contributed by atoms with Gasteiger partial charge in [-0.15, -0.1) is 10.2 Å². The average molecular weight is 381 g/mol. The molecule has 1 amide bonds. The van der Waals surface area contributed by atoms with E-state index in [1.165, 1.54) is 18.0 Å². The largest absolute Gasteiger partial charge is 0.508 e. The molecule has 0 bridgehead atoms. The summed E-state index contributed by atoms with van der Waals surface area (Å²) in [6.45, 7) is 2.72. The highest BCUT2D eigenvalue weighted by atomic mass is 32.2. The van der Waals surface area contributed by atoms with Crippen LogP contribution in [-0.2, 0) is 11.3 Å². The van der Waals surface area contributed by atoms with Crippen molar-refractivity contribution in [3.63, 3.8) is 0 Å². The molecule has 0 fully saturated rings. The number of hydrazone groups is 1. The molecule has 138 valence electrons. The molecule has 3 aromatic rings. The van der Waals surface area contributed by atoms with Crippen molar-refractivity contribution in [2.24, 2.45) is 5.10 Å². The third-order valence-corrected chi connectivity index (χ3v) is 4.66. The first-order valence-electron chi connectivity index (χ1n) is 8.39. The van der Waals surface area contributed by atoms with Crippen molar-refractivity contribution in [3.8, 4) is 17.1 Å². The molecule has 0 saturated carbocycles. The molecule has 1 aromatic heterocycles. The fraction of sp³-hybridized carbons (Fsp3) is 0.158. The molecule has 0 aliphatic carbocycles. The molecule has 0 unspecified atom stereocenters. The summed E-state index contributed by atoms with van der Waals surface area (Å²) in [5.41, 5.74) is 4.25. The Kier molecular flexibility index (Phi) is 6.22. The van der Waals surface area contributed by atoms with Crippen molar-refractivity contribution in [2.45, 2.75) is 18.6 Å². The van der Waals surface area contributed by atoms with Crippen molar-refractivity contribution < 1.29 is 9.90 Å². The Labute approximate surface area is 161 Å². The summed E-state index contributed by atoms with van der Waals surface area (Å²) in [6.07, 6.45) is 1.52. The topological polar surface area (TPSA) is 92.4 Å². The minimum atomic E-state index is -0.234. The number of nitrogens with one attached hydrogen (secondary N) is 1. The molecule has 0 radical (unpaired) electrons. The predicted molar refractivity (Wildman–Crippen MR) is 106 cm³/mol. The standard InChI is InChI=1S/C19H19N5O2S/c1-2-24-18(15-6-4-3-5-7-15)22-23-19(24)27-13-17(26)21-20-12-14-8-10-16(25)11-9-14/h3-12,25H,2,13H2,1H3,(H,21,26)/b20-12-. The zero-order chi connectivity index (χ0) is 19.1. The number of hydrogen-bond acceptors (Lipinski definition) is 6. The Morgan fingerprint density at radius 1 is 1.19 bits per heavy atom. The number of phenols is 1. The maximum absolute atomic E-state index is 12.0. The minimum Gasteiger partial charge on any atom is -0.508 e. The van der Waals surface area contributed by atoms with E-state index in [2.05, 4.69) is 20.7 Å². The molecule has 1 heterocycles. The Morgan fingerprint density at radius 3 is 2.63 bits per heavy atom. The number of rotatable bonds is 7. The van der Waals surface area contributed by atoms with Crippen LogP contribution in [0.2, 0.25) is 0 Å². The van der Waals surface area contributed by atoms with Crippen LogP contribution in [0.1, 0.15) is 12.5 Å². The van der Waals surface area contributed by atoms with Crippen molar-refractivity contribution >= 4 is 23.9 Å². The van der Waals surface area contributed by atoms with Crippen LogP contribution in [0.4, 0.5) is 0 Å². The zero-order valence-electron chi connectivity index (χ0n) is 14.7.